The molecule has 1 N–H and O–H groups in total. The molecule has 3 aromatic rings. The van der Waals surface area contributed by atoms with Gasteiger partial charge in [0.1, 0.15) is 11.2 Å². The molecule has 1 aromatic carbocycles. The van der Waals surface area contributed by atoms with Crippen molar-refractivity contribution in [1.82, 2.24) is 9.97 Å². The smallest absolute Gasteiger partial charge is 0.158 e. The molecule has 4 rings (SSSR count). The molecule has 0 spiro atoms. The van der Waals surface area contributed by atoms with Crippen LogP contribution < -0.4 is 5.43 Å². The normalized spacial score (nSPS) is 14.7. The third-order valence-corrected chi connectivity index (χ3v) is 5.75. The maximum atomic E-state index is 4.55. The van der Waals surface area contributed by atoms with Crippen LogP contribution in [-0.2, 0) is 12.8 Å². The zero-order valence-corrected chi connectivity index (χ0v) is 14.8. The van der Waals surface area contributed by atoms with Crippen LogP contribution in [0, 0.1) is 6.92 Å². The molecule has 0 fully saturated rings. The molecule has 0 unspecified atom stereocenters. The molecule has 0 aliphatic heterocycles. The summed E-state index contributed by atoms with van der Waals surface area (Å²) in [5.41, 5.74) is 7.92. The minimum atomic E-state index is 0.825. The second-order valence-corrected chi connectivity index (χ2v) is 7.37. The number of thiophene rings is 1. The average Bonchev–Trinajstić information content (AvgIpc) is 2.99. The van der Waals surface area contributed by atoms with Crippen LogP contribution in [0.4, 0.5) is 5.82 Å². The number of benzene rings is 1. The van der Waals surface area contributed by atoms with Crippen LogP contribution in [-0.4, -0.2) is 15.7 Å². The van der Waals surface area contributed by atoms with E-state index in [1.165, 1.54) is 35.3 Å². The van der Waals surface area contributed by atoms with Gasteiger partial charge < -0.3 is 0 Å². The molecule has 2 heterocycles. The number of hydrogen-bond donors (Lipinski definition) is 1. The van der Waals surface area contributed by atoms with Crippen molar-refractivity contribution >= 4 is 33.1 Å². The van der Waals surface area contributed by atoms with E-state index in [-0.39, 0.29) is 0 Å². The Labute approximate surface area is 145 Å². The van der Waals surface area contributed by atoms with Gasteiger partial charge in [-0.1, -0.05) is 29.8 Å². The Morgan fingerprint density at radius 3 is 2.75 bits per heavy atom. The van der Waals surface area contributed by atoms with E-state index in [0.717, 1.165) is 33.7 Å². The first-order valence-electron chi connectivity index (χ1n) is 8.35. The van der Waals surface area contributed by atoms with E-state index in [2.05, 4.69) is 51.7 Å². The van der Waals surface area contributed by atoms with E-state index in [1.807, 2.05) is 6.92 Å². The van der Waals surface area contributed by atoms with E-state index < -0.39 is 0 Å². The zero-order chi connectivity index (χ0) is 16.5. The quantitative estimate of drug-likeness (QED) is 0.556. The number of anilines is 1. The van der Waals surface area contributed by atoms with Crippen molar-refractivity contribution in [3.8, 4) is 0 Å². The molecule has 0 amide bonds. The van der Waals surface area contributed by atoms with Crippen LogP contribution in [0.15, 0.2) is 35.7 Å². The lowest BCUT2D eigenvalue weighted by atomic mass is 9.97. The summed E-state index contributed by atoms with van der Waals surface area (Å²) in [5.74, 6) is 0.825. The maximum Gasteiger partial charge on any atom is 0.158 e. The summed E-state index contributed by atoms with van der Waals surface area (Å²) in [5, 5.41) is 5.72. The van der Waals surface area contributed by atoms with Gasteiger partial charge in [-0.25, -0.2) is 9.97 Å². The molecule has 24 heavy (non-hydrogen) atoms. The predicted molar refractivity (Wildman–Crippen MR) is 101 cm³/mol. The SMILES string of the molecule is CC(=NNc1ncnc2sc3c(c12)CCCC3)c1ccc(C)cc1. The number of hydrogen-bond acceptors (Lipinski definition) is 5. The van der Waals surface area contributed by atoms with Crippen molar-refractivity contribution in [2.75, 3.05) is 5.43 Å². The Morgan fingerprint density at radius 1 is 1.12 bits per heavy atom. The lowest BCUT2D eigenvalue weighted by Gasteiger charge is -2.11. The van der Waals surface area contributed by atoms with Crippen molar-refractivity contribution in [3.63, 3.8) is 0 Å². The van der Waals surface area contributed by atoms with Gasteiger partial charge in [-0.3, -0.25) is 5.43 Å². The predicted octanol–water partition coefficient (Wildman–Crippen LogP) is 4.71. The molecule has 0 bridgehead atoms. The highest BCUT2D eigenvalue weighted by atomic mass is 32.1. The fourth-order valence-corrected chi connectivity index (χ4v) is 4.40. The van der Waals surface area contributed by atoms with Crippen LogP contribution in [0.5, 0.6) is 0 Å². The topological polar surface area (TPSA) is 50.2 Å². The van der Waals surface area contributed by atoms with Crippen molar-refractivity contribution in [2.24, 2.45) is 5.10 Å². The molecule has 0 radical (unpaired) electrons. The number of hydrazone groups is 1. The zero-order valence-electron chi connectivity index (χ0n) is 14.0. The number of rotatable bonds is 3. The molecule has 1 aliphatic carbocycles. The highest BCUT2D eigenvalue weighted by Crippen LogP contribution is 2.38. The van der Waals surface area contributed by atoms with Gasteiger partial charge in [-0.15, -0.1) is 11.3 Å². The fraction of sp³-hybridized carbons (Fsp3) is 0.316. The number of nitrogens with one attached hydrogen (secondary N) is 1. The summed E-state index contributed by atoms with van der Waals surface area (Å²) < 4.78 is 0. The van der Waals surface area contributed by atoms with E-state index in [0.29, 0.717) is 0 Å². The van der Waals surface area contributed by atoms with E-state index in [4.69, 9.17) is 0 Å². The second-order valence-electron chi connectivity index (χ2n) is 6.29. The average molecular weight is 336 g/mol. The third kappa shape index (κ3) is 2.80. The molecule has 2 aromatic heterocycles. The maximum absolute atomic E-state index is 4.55. The van der Waals surface area contributed by atoms with Gasteiger partial charge >= 0.3 is 0 Å². The molecule has 1 aliphatic rings. The Hall–Kier alpha value is -2.27. The summed E-state index contributed by atoms with van der Waals surface area (Å²) in [6, 6.07) is 8.40. The molecule has 122 valence electrons. The van der Waals surface area contributed by atoms with Gasteiger partial charge in [0.15, 0.2) is 5.82 Å². The molecular formula is C19H20N4S. The summed E-state index contributed by atoms with van der Waals surface area (Å²) in [6.45, 7) is 4.10. The Bertz CT molecular complexity index is 909. The number of aryl methyl sites for hydroxylation is 3. The number of aromatic nitrogens is 2. The standard InChI is InChI=1S/C19H20N4S/c1-12-7-9-14(10-8-12)13(2)22-23-18-17-15-5-3-4-6-16(15)24-19(17)21-11-20-18/h7-11H,3-6H2,1-2H3,(H,20,21,23). The van der Waals surface area contributed by atoms with Crippen LogP contribution in [0.3, 0.4) is 0 Å². The monoisotopic (exact) mass is 336 g/mol. The number of nitrogens with zero attached hydrogens (tertiary/aromatic N) is 3. The number of fused-ring (bicyclic) bond motifs is 3. The molecule has 0 atom stereocenters. The van der Waals surface area contributed by atoms with Crippen molar-refractivity contribution in [2.45, 2.75) is 39.5 Å². The first kappa shape index (κ1) is 15.3. The van der Waals surface area contributed by atoms with Gasteiger partial charge in [-0.05, 0) is 50.7 Å². The van der Waals surface area contributed by atoms with Gasteiger partial charge in [0.2, 0.25) is 0 Å². The van der Waals surface area contributed by atoms with Gasteiger partial charge in [0, 0.05) is 4.88 Å². The van der Waals surface area contributed by atoms with Crippen LogP contribution in [0.25, 0.3) is 10.2 Å². The van der Waals surface area contributed by atoms with Crippen molar-refractivity contribution in [3.05, 3.63) is 52.2 Å². The van der Waals surface area contributed by atoms with Crippen LogP contribution >= 0.6 is 11.3 Å². The first-order valence-corrected chi connectivity index (χ1v) is 9.16. The Morgan fingerprint density at radius 2 is 1.92 bits per heavy atom. The Kier molecular flexibility index (Phi) is 4.02. The largest absolute Gasteiger partial charge is 0.260 e. The molecule has 0 saturated heterocycles. The van der Waals surface area contributed by atoms with Gasteiger partial charge in [0.05, 0.1) is 11.1 Å². The van der Waals surface area contributed by atoms with Crippen molar-refractivity contribution in [1.29, 1.82) is 0 Å². The fourth-order valence-electron chi connectivity index (χ4n) is 3.17. The van der Waals surface area contributed by atoms with E-state index in [9.17, 15) is 0 Å². The van der Waals surface area contributed by atoms with Crippen molar-refractivity contribution < 1.29 is 0 Å². The third-order valence-electron chi connectivity index (χ3n) is 4.55. The molecular weight excluding hydrogens is 316 g/mol. The molecule has 5 heteroatoms. The lowest BCUT2D eigenvalue weighted by molar-refractivity contribution is 0.700. The first-order chi connectivity index (χ1) is 11.7. The summed E-state index contributed by atoms with van der Waals surface area (Å²) in [4.78, 5) is 11.4. The molecule has 0 saturated carbocycles. The van der Waals surface area contributed by atoms with Gasteiger partial charge in [0.25, 0.3) is 0 Å². The van der Waals surface area contributed by atoms with Crippen LogP contribution in [0.2, 0.25) is 0 Å². The highest BCUT2D eigenvalue weighted by Gasteiger charge is 2.19. The summed E-state index contributed by atoms with van der Waals surface area (Å²) in [6.07, 6.45) is 6.45. The van der Waals surface area contributed by atoms with E-state index in [1.54, 1.807) is 17.7 Å². The highest BCUT2D eigenvalue weighted by molar-refractivity contribution is 7.19. The van der Waals surface area contributed by atoms with Crippen LogP contribution in [0.1, 0.15) is 41.3 Å². The van der Waals surface area contributed by atoms with E-state index >= 15 is 0 Å². The minimum Gasteiger partial charge on any atom is -0.260 e. The lowest BCUT2D eigenvalue weighted by Crippen LogP contribution is -2.03. The minimum absolute atomic E-state index is 0.825. The summed E-state index contributed by atoms with van der Waals surface area (Å²) >= 11 is 1.81. The Balaban J connectivity index is 1.68. The van der Waals surface area contributed by atoms with Gasteiger partial charge in [-0.2, -0.15) is 5.10 Å². The second kappa shape index (κ2) is 6.32. The summed E-state index contributed by atoms with van der Waals surface area (Å²) in [7, 11) is 0. The molecule has 4 nitrogen and oxygen atoms in total.